The largest absolute Gasteiger partial charge is 0.325 e. The molecule has 4 amide bonds. The summed E-state index contributed by atoms with van der Waals surface area (Å²) in [6.45, 7) is 5.55. The third-order valence-corrected chi connectivity index (χ3v) is 4.95. The molecule has 0 bridgehead atoms. The molecule has 2 heterocycles. The summed E-state index contributed by atoms with van der Waals surface area (Å²) in [6, 6.07) is 5.53. The normalized spacial score (nSPS) is 16.4. The average Bonchev–Trinajstić information content (AvgIpc) is 2.99. The van der Waals surface area contributed by atoms with Crippen molar-refractivity contribution >= 4 is 44.5 Å². The van der Waals surface area contributed by atoms with Gasteiger partial charge in [-0.3, -0.25) is 14.5 Å². The molecule has 0 unspecified atom stereocenters. The molecule has 1 aromatic carbocycles. The number of nitrogens with zero attached hydrogens (tertiary/aromatic N) is 2. The number of carbonyl (C=O) groups is 3. The Hall–Kier alpha value is -2.48. The number of benzene rings is 1. The van der Waals surface area contributed by atoms with Gasteiger partial charge < -0.3 is 10.6 Å². The molecule has 0 spiro atoms. The number of anilines is 1. The molecule has 132 valence electrons. The lowest BCUT2D eigenvalue weighted by molar-refractivity contribution is -0.130. The second kappa shape index (κ2) is 6.44. The topological polar surface area (TPSA) is 91.4 Å². The van der Waals surface area contributed by atoms with E-state index in [0.717, 1.165) is 20.7 Å². The van der Waals surface area contributed by atoms with E-state index in [1.807, 2.05) is 25.1 Å². The van der Waals surface area contributed by atoms with Crippen LogP contribution < -0.4 is 10.6 Å². The number of carbonyl (C=O) groups excluding carboxylic acids is 3. The number of hydrogen-bond acceptors (Lipinski definition) is 5. The molecule has 1 fully saturated rings. The molecule has 25 heavy (non-hydrogen) atoms. The fourth-order valence-corrected chi connectivity index (χ4v) is 3.67. The Kier molecular flexibility index (Phi) is 4.47. The van der Waals surface area contributed by atoms with Crippen molar-refractivity contribution in [1.82, 2.24) is 15.2 Å². The molecule has 2 N–H and O–H groups in total. The average molecular weight is 360 g/mol. The van der Waals surface area contributed by atoms with Crippen molar-refractivity contribution in [2.75, 3.05) is 11.9 Å². The van der Waals surface area contributed by atoms with Crippen LogP contribution in [0.1, 0.15) is 32.3 Å². The molecule has 0 atom stereocenters. The maximum Gasteiger partial charge on any atom is 0.325 e. The maximum atomic E-state index is 12.1. The smallest absolute Gasteiger partial charge is 0.324 e. The third-order valence-electron chi connectivity index (χ3n) is 4.02. The van der Waals surface area contributed by atoms with Crippen LogP contribution in [-0.4, -0.2) is 39.8 Å². The summed E-state index contributed by atoms with van der Waals surface area (Å²) < 4.78 is 1.02. The van der Waals surface area contributed by atoms with Gasteiger partial charge in [0, 0.05) is 13.0 Å². The Labute approximate surface area is 149 Å². The van der Waals surface area contributed by atoms with Gasteiger partial charge in [0.25, 0.3) is 5.91 Å². The lowest BCUT2D eigenvalue weighted by Crippen LogP contribution is -2.40. The zero-order valence-corrected chi connectivity index (χ0v) is 15.2. The second-order valence-electron chi connectivity index (χ2n) is 6.65. The first-order valence-corrected chi connectivity index (χ1v) is 8.89. The van der Waals surface area contributed by atoms with Crippen molar-refractivity contribution in [1.29, 1.82) is 0 Å². The predicted octanol–water partition coefficient (Wildman–Crippen LogP) is 2.65. The standard InChI is InChI=1S/C17H20N4O3S/c1-10-6-7-11-12(9-10)25-15(18-11)19-13(22)5-4-8-21-14(23)17(2,3)20-16(21)24/h6-7,9H,4-5,8H2,1-3H3,(H,20,24)(H,18,19,22). The fourth-order valence-electron chi connectivity index (χ4n) is 2.69. The van der Waals surface area contributed by atoms with Gasteiger partial charge in [-0.25, -0.2) is 9.78 Å². The molecule has 7 nitrogen and oxygen atoms in total. The predicted molar refractivity (Wildman–Crippen MR) is 96.5 cm³/mol. The van der Waals surface area contributed by atoms with Crippen molar-refractivity contribution in [3.05, 3.63) is 23.8 Å². The van der Waals surface area contributed by atoms with Crippen molar-refractivity contribution in [3.8, 4) is 0 Å². The maximum absolute atomic E-state index is 12.1. The van der Waals surface area contributed by atoms with Gasteiger partial charge in [0.15, 0.2) is 5.13 Å². The highest BCUT2D eigenvalue weighted by Crippen LogP contribution is 2.26. The fraction of sp³-hybridized carbons (Fsp3) is 0.412. The van der Waals surface area contributed by atoms with E-state index >= 15 is 0 Å². The first kappa shape index (κ1) is 17.3. The van der Waals surface area contributed by atoms with Gasteiger partial charge in [0.2, 0.25) is 5.91 Å². The van der Waals surface area contributed by atoms with E-state index < -0.39 is 11.6 Å². The molecule has 0 saturated carbocycles. The van der Waals surface area contributed by atoms with Gasteiger partial charge in [0.05, 0.1) is 10.2 Å². The van der Waals surface area contributed by atoms with E-state index in [4.69, 9.17) is 0 Å². The Morgan fingerprint density at radius 3 is 2.80 bits per heavy atom. The molecule has 0 aliphatic carbocycles. The van der Waals surface area contributed by atoms with Crippen LogP contribution in [0.2, 0.25) is 0 Å². The number of fused-ring (bicyclic) bond motifs is 1. The first-order chi connectivity index (χ1) is 11.8. The summed E-state index contributed by atoms with van der Waals surface area (Å²) in [7, 11) is 0. The van der Waals surface area contributed by atoms with Crippen LogP contribution in [0.15, 0.2) is 18.2 Å². The number of amides is 4. The number of imide groups is 1. The van der Waals surface area contributed by atoms with Crippen LogP contribution in [-0.2, 0) is 9.59 Å². The molecule has 2 aromatic rings. The Morgan fingerprint density at radius 1 is 1.36 bits per heavy atom. The molecule has 8 heteroatoms. The molecular formula is C17H20N4O3S. The van der Waals surface area contributed by atoms with Gasteiger partial charge in [-0.2, -0.15) is 0 Å². The molecule has 1 saturated heterocycles. The molecule has 0 radical (unpaired) electrons. The van der Waals surface area contributed by atoms with Gasteiger partial charge in [-0.05, 0) is 44.9 Å². The quantitative estimate of drug-likeness (QED) is 0.802. The summed E-state index contributed by atoms with van der Waals surface area (Å²) >= 11 is 1.43. The van der Waals surface area contributed by atoms with Crippen LogP contribution in [0.3, 0.4) is 0 Å². The minimum atomic E-state index is -0.877. The summed E-state index contributed by atoms with van der Waals surface area (Å²) in [4.78, 5) is 41.5. The highest BCUT2D eigenvalue weighted by atomic mass is 32.1. The summed E-state index contributed by atoms with van der Waals surface area (Å²) in [5.41, 5.74) is 1.12. The monoisotopic (exact) mass is 360 g/mol. The molecule has 1 aliphatic rings. The van der Waals surface area contributed by atoms with Crippen LogP contribution in [0.5, 0.6) is 0 Å². The lowest BCUT2D eigenvalue weighted by atomic mass is 10.1. The Bertz CT molecular complexity index is 859. The van der Waals surface area contributed by atoms with E-state index in [1.54, 1.807) is 13.8 Å². The van der Waals surface area contributed by atoms with Crippen LogP contribution >= 0.6 is 11.3 Å². The van der Waals surface area contributed by atoms with E-state index in [9.17, 15) is 14.4 Å². The third kappa shape index (κ3) is 3.63. The Balaban J connectivity index is 1.53. The number of urea groups is 1. The minimum absolute atomic E-state index is 0.179. The van der Waals surface area contributed by atoms with Crippen LogP contribution in [0.25, 0.3) is 10.2 Å². The summed E-state index contributed by atoms with van der Waals surface area (Å²) in [5, 5.41) is 5.96. The number of aromatic nitrogens is 1. The Morgan fingerprint density at radius 2 is 2.12 bits per heavy atom. The van der Waals surface area contributed by atoms with Crippen LogP contribution in [0, 0.1) is 6.92 Å². The molecule has 1 aromatic heterocycles. The lowest BCUT2D eigenvalue weighted by Gasteiger charge is -2.15. The van der Waals surface area contributed by atoms with E-state index in [0.29, 0.717) is 11.6 Å². The summed E-state index contributed by atoms with van der Waals surface area (Å²) in [6.07, 6.45) is 0.623. The van der Waals surface area contributed by atoms with Gasteiger partial charge in [-0.1, -0.05) is 17.4 Å². The van der Waals surface area contributed by atoms with Crippen molar-refractivity contribution in [2.45, 2.75) is 39.2 Å². The number of rotatable bonds is 5. The van der Waals surface area contributed by atoms with E-state index in [2.05, 4.69) is 15.6 Å². The molecule has 3 rings (SSSR count). The zero-order chi connectivity index (χ0) is 18.2. The zero-order valence-electron chi connectivity index (χ0n) is 14.4. The van der Waals surface area contributed by atoms with Gasteiger partial charge >= 0.3 is 6.03 Å². The van der Waals surface area contributed by atoms with Crippen molar-refractivity contribution in [2.24, 2.45) is 0 Å². The highest BCUT2D eigenvalue weighted by molar-refractivity contribution is 7.22. The van der Waals surface area contributed by atoms with Crippen LogP contribution in [0.4, 0.5) is 9.93 Å². The van der Waals surface area contributed by atoms with Gasteiger partial charge in [-0.15, -0.1) is 0 Å². The van der Waals surface area contributed by atoms with Gasteiger partial charge in [0.1, 0.15) is 5.54 Å². The highest BCUT2D eigenvalue weighted by Gasteiger charge is 2.43. The van der Waals surface area contributed by atoms with Crippen molar-refractivity contribution in [3.63, 3.8) is 0 Å². The second-order valence-corrected chi connectivity index (χ2v) is 7.68. The minimum Gasteiger partial charge on any atom is -0.324 e. The van der Waals surface area contributed by atoms with E-state index in [1.165, 1.54) is 11.3 Å². The SMILES string of the molecule is Cc1ccc2nc(NC(=O)CCCN3C(=O)NC(C)(C)C3=O)sc2c1. The first-order valence-electron chi connectivity index (χ1n) is 8.07. The molecular weight excluding hydrogens is 340 g/mol. The number of aryl methyl sites for hydroxylation is 1. The van der Waals surface area contributed by atoms with E-state index in [-0.39, 0.29) is 24.8 Å². The molecule has 1 aliphatic heterocycles. The number of nitrogens with one attached hydrogen (secondary N) is 2. The summed E-state index contributed by atoms with van der Waals surface area (Å²) in [5.74, 6) is -0.443. The number of hydrogen-bond donors (Lipinski definition) is 2. The van der Waals surface area contributed by atoms with Crippen molar-refractivity contribution < 1.29 is 14.4 Å². The number of thiazole rings is 1.